The molecule has 3 aromatic carbocycles. The first-order chi connectivity index (χ1) is 25.6. The Balaban J connectivity index is 0.000000850. The van der Waals surface area contributed by atoms with Crippen molar-refractivity contribution in [3.63, 3.8) is 0 Å². The van der Waals surface area contributed by atoms with E-state index < -0.39 is 28.7 Å². The second-order valence-corrected chi connectivity index (χ2v) is 14.3. The smallest absolute Gasteiger partial charge is 0.338 e. The predicted octanol–water partition coefficient (Wildman–Crippen LogP) is 5.81. The SMILES string of the molecule is CN(CC[N+](C)(C)C)C(=O)C1(NC(=O)c2c(-c3ccnn3-c3ccc(C#N)cc3)n(C)n(-c3cccc(C(F)(F)F)c3)c2=O)CCCC1.c1ccccc1. The lowest BCUT2D eigenvalue weighted by atomic mass is 9.94. The number of carbonyl (C=O) groups excluding carboxylic acids is 2. The normalized spacial score (nSPS) is 13.8. The summed E-state index contributed by atoms with van der Waals surface area (Å²) in [5.41, 5.74) is -2.24. The lowest BCUT2D eigenvalue weighted by Crippen LogP contribution is -2.59. The number of halogens is 3. The molecule has 2 aromatic heterocycles. The van der Waals surface area contributed by atoms with Crippen LogP contribution in [0, 0.1) is 11.3 Å². The molecule has 6 rings (SSSR count). The highest BCUT2D eigenvalue weighted by molar-refractivity contribution is 6.03. The van der Waals surface area contributed by atoms with E-state index in [9.17, 15) is 32.8 Å². The molecule has 1 N–H and O–H groups in total. The van der Waals surface area contributed by atoms with E-state index in [0.29, 0.717) is 60.2 Å². The van der Waals surface area contributed by atoms with Crippen LogP contribution in [-0.2, 0) is 18.0 Å². The van der Waals surface area contributed by atoms with Crippen molar-refractivity contribution < 1.29 is 27.2 Å². The van der Waals surface area contributed by atoms with Gasteiger partial charge < -0.3 is 14.7 Å². The Morgan fingerprint density at radius 3 is 2.11 bits per heavy atom. The molecule has 11 nitrogen and oxygen atoms in total. The highest BCUT2D eigenvalue weighted by atomic mass is 19.4. The van der Waals surface area contributed by atoms with Gasteiger partial charge in [0.1, 0.15) is 16.8 Å². The van der Waals surface area contributed by atoms with Crippen LogP contribution in [0.3, 0.4) is 0 Å². The molecular weight excluding hydrogens is 697 g/mol. The number of nitrogens with zero attached hydrogens (tertiary/aromatic N) is 7. The lowest BCUT2D eigenvalue weighted by molar-refractivity contribution is -0.869. The van der Waals surface area contributed by atoms with Gasteiger partial charge in [0, 0.05) is 14.1 Å². The quantitative estimate of drug-likeness (QED) is 0.192. The van der Waals surface area contributed by atoms with Crippen molar-refractivity contribution in [1.82, 2.24) is 29.4 Å². The van der Waals surface area contributed by atoms with Crippen molar-refractivity contribution in [2.75, 3.05) is 41.3 Å². The summed E-state index contributed by atoms with van der Waals surface area (Å²) in [5.74, 6) is -1.08. The summed E-state index contributed by atoms with van der Waals surface area (Å²) in [6.45, 7) is 1.12. The van der Waals surface area contributed by atoms with Gasteiger partial charge in [-0.15, -0.1) is 0 Å². The first-order valence-corrected chi connectivity index (χ1v) is 17.5. The van der Waals surface area contributed by atoms with Gasteiger partial charge in [-0.05, 0) is 61.4 Å². The van der Waals surface area contributed by atoms with Crippen molar-refractivity contribution in [1.29, 1.82) is 5.26 Å². The fourth-order valence-corrected chi connectivity index (χ4v) is 6.53. The van der Waals surface area contributed by atoms with Crippen LogP contribution in [0.25, 0.3) is 22.8 Å². The Kier molecular flexibility index (Phi) is 11.6. The molecule has 1 saturated carbocycles. The van der Waals surface area contributed by atoms with Crippen LogP contribution in [-0.4, -0.2) is 87.2 Å². The van der Waals surface area contributed by atoms with E-state index in [0.717, 1.165) is 16.8 Å². The largest absolute Gasteiger partial charge is 0.416 e. The summed E-state index contributed by atoms with van der Waals surface area (Å²) in [6, 6.07) is 26.4. The maximum Gasteiger partial charge on any atom is 0.416 e. The van der Waals surface area contributed by atoms with Gasteiger partial charge in [0.25, 0.3) is 11.5 Å². The molecule has 2 heterocycles. The number of likely N-dealkylation sites (N-methyl/N-ethyl adjacent to an activating group) is 2. The zero-order valence-corrected chi connectivity index (χ0v) is 31.0. The molecule has 1 aliphatic carbocycles. The van der Waals surface area contributed by atoms with Crippen LogP contribution in [0.2, 0.25) is 0 Å². The zero-order chi connectivity index (χ0) is 39.3. The van der Waals surface area contributed by atoms with E-state index in [1.165, 1.54) is 34.7 Å². The molecule has 0 bridgehead atoms. The van der Waals surface area contributed by atoms with Gasteiger partial charge in [0.05, 0.1) is 74.7 Å². The molecule has 282 valence electrons. The van der Waals surface area contributed by atoms with Gasteiger partial charge >= 0.3 is 6.18 Å². The summed E-state index contributed by atoms with van der Waals surface area (Å²) >= 11 is 0. The maximum atomic E-state index is 14.4. The summed E-state index contributed by atoms with van der Waals surface area (Å²) < 4.78 is 45.6. The highest BCUT2D eigenvalue weighted by Crippen LogP contribution is 2.34. The van der Waals surface area contributed by atoms with Crippen molar-refractivity contribution in [3.05, 3.63) is 124 Å². The summed E-state index contributed by atoms with van der Waals surface area (Å²) in [4.78, 5) is 44.2. The maximum absolute atomic E-state index is 14.4. The monoisotopic (exact) mass is 741 g/mol. The van der Waals surface area contributed by atoms with E-state index in [-0.39, 0.29) is 22.9 Å². The fourth-order valence-electron chi connectivity index (χ4n) is 6.53. The van der Waals surface area contributed by atoms with Gasteiger partial charge in [-0.2, -0.15) is 23.5 Å². The van der Waals surface area contributed by atoms with E-state index in [1.807, 2.05) is 63.6 Å². The molecule has 0 aliphatic heterocycles. The number of hydrogen-bond acceptors (Lipinski definition) is 5. The first kappa shape index (κ1) is 39.3. The van der Waals surface area contributed by atoms with Crippen LogP contribution >= 0.6 is 0 Å². The van der Waals surface area contributed by atoms with E-state index in [2.05, 4.69) is 10.4 Å². The van der Waals surface area contributed by atoms with Crippen LogP contribution in [0.4, 0.5) is 13.2 Å². The van der Waals surface area contributed by atoms with E-state index in [4.69, 9.17) is 0 Å². The minimum Gasteiger partial charge on any atom is -0.338 e. The zero-order valence-electron chi connectivity index (χ0n) is 31.0. The average molecular weight is 742 g/mol. The number of hydrogen-bond donors (Lipinski definition) is 1. The molecule has 0 atom stereocenters. The molecular formula is C40H44F3N8O3+. The molecule has 2 amide bonds. The molecule has 5 aromatic rings. The topological polar surface area (TPSA) is 118 Å². The predicted molar refractivity (Wildman–Crippen MR) is 199 cm³/mol. The Morgan fingerprint density at radius 2 is 1.56 bits per heavy atom. The first-order valence-electron chi connectivity index (χ1n) is 17.5. The van der Waals surface area contributed by atoms with Gasteiger partial charge in [-0.1, -0.05) is 55.3 Å². The molecule has 0 saturated heterocycles. The number of rotatable bonds is 9. The summed E-state index contributed by atoms with van der Waals surface area (Å²) in [6.07, 6.45) is -1.08. The molecule has 0 radical (unpaired) electrons. The van der Waals surface area contributed by atoms with Crippen LogP contribution < -0.4 is 10.9 Å². The summed E-state index contributed by atoms with van der Waals surface area (Å²) in [7, 11) is 9.20. The average Bonchev–Trinajstić information content (AvgIpc) is 3.89. The number of aromatic nitrogens is 4. The Bertz CT molecular complexity index is 2160. The van der Waals surface area contributed by atoms with Crippen molar-refractivity contribution >= 4 is 11.8 Å². The van der Waals surface area contributed by atoms with Gasteiger partial charge in [-0.3, -0.25) is 19.1 Å². The van der Waals surface area contributed by atoms with E-state index >= 15 is 0 Å². The number of nitriles is 1. The minimum atomic E-state index is -4.67. The number of amides is 2. The third kappa shape index (κ3) is 8.64. The third-order valence-corrected chi connectivity index (χ3v) is 9.38. The van der Waals surface area contributed by atoms with Gasteiger partial charge in [0.15, 0.2) is 0 Å². The van der Waals surface area contributed by atoms with Gasteiger partial charge in [-0.25, -0.2) is 9.36 Å². The van der Waals surface area contributed by atoms with E-state index in [1.54, 1.807) is 42.3 Å². The fraction of sp³-hybridized carbons (Fsp3) is 0.325. The Labute approximate surface area is 312 Å². The lowest BCUT2D eigenvalue weighted by Gasteiger charge is -2.34. The van der Waals surface area contributed by atoms with Crippen molar-refractivity contribution in [2.24, 2.45) is 7.05 Å². The molecule has 0 unspecified atom stereocenters. The van der Waals surface area contributed by atoms with Crippen molar-refractivity contribution in [3.8, 4) is 28.8 Å². The third-order valence-electron chi connectivity index (χ3n) is 9.38. The second kappa shape index (κ2) is 16.0. The van der Waals surface area contributed by atoms with Crippen LogP contribution in [0.1, 0.15) is 47.2 Å². The molecule has 1 fully saturated rings. The highest BCUT2D eigenvalue weighted by Gasteiger charge is 2.45. The molecule has 14 heteroatoms. The number of alkyl halides is 3. The number of carbonyl (C=O) groups is 2. The Hall–Kier alpha value is -5.94. The van der Waals surface area contributed by atoms with Crippen molar-refractivity contribution in [2.45, 2.75) is 37.4 Å². The number of quaternary nitrogens is 1. The standard InChI is InChI=1S/C34H37F3N8O3.C6H6/c1-41(19-20-45(3,4)5)32(48)33(16-6-7-17-33)40-30(46)28-29(27-15-18-39-43(27)25-13-11-23(22-38)12-14-25)42(2)44(31(28)47)26-10-8-9-24(21-26)34(35,36)37;1-2-4-6-5-3-1/h8-15,18,21H,6-7,16-17,19-20H2,1-5H3;1-6H/p+1. The van der Waals surface area contributed by atoms with Gasteiger partial charge in [0.2, 0.25) is 5.91 Å². The molecule has 54 heavy (non-hydrogen) atoms. The molecule has 0 spiro atoms. The minimum absolute atomic E-state index is 0.0794. The second-order valence-electron chi connectivity index (χ2n) is 14.3. The number of nitrogens with one attached hydrogen (secondary N) is 1. The number of benzene rings is 3. The van der Waals surface area contributed by atoms with Crippen LogP contribution in [0.5, 0.6) is 0 Å². The molecule has 1 aliphatic rings. The van der Waals surface area contributed by atoms with Crippen LogP contribution in [0.15, 0.2) is 102 Å². The Morgan fingerprint density at radius 1 is 0.944 bits per heavy atom. The summed E-state index contributed by atoms with van der Waals surface area (Å²) in [5, 5.41) is 16.6.